The van der Waals surface area contributed by atoms with Gasteiger partial charge in [-0.15, -0.1) is 0 Å². The fraction of sp³-hybridized carbons (Fsp3) is 0.647. The van der Waals surface area contributed by atoms with Crippen LogP contribution in [0.5, 0.6) is 11.5 Å². The lowest BCUT2D eigenvalue weighted by Crippen LogP contribution is -2.31. The molecular weight excluding hydrogens is 264 g/mol. The second kappa shape index (κ2) is 6.67. The van der Waals surface area contributed by atoms with Crippen molar-refractivity contribution in [3.63, 3.8) is 0 Å². The Morgan fingerprint density at radius 1 is 1.19 bits per heavy atom. The molecule has 0 saturated heterocycles. The highest BCUT2D eigenvalue weighted by atomic mass is 16.5. The molecule has 118 valence electrons. The number of benzene rings is 1. The third-order valence-corrected chi connectivity index (χ3v) is 4.44. The number of hydrazine groups is 1. The highest BCUT2D eigenvalue weighted by Gasteiger charge is 2.24. The minimum atomic E-state index is 0.122. The molecule has 4 heteroatoms. The Morgan fingerprint density at radius 3 is 2.48 bits per heavy atom. The lowest BCUT2D eigenvalue weighted by atomic mass is 9.77. The molecule has 3 N–H and O–H groups in total. The van der Waals surface area contributed by atoms with Crippen molar-refractivity contribution in [2.45, 2.75) is 46.6 Å². The Morgan fingerprint density at radius 2 is 1.86 bits per heavy atom. The first-order valence-electron chi connectivity index (χ1n) is 7.77. The molecule has 0 aliphatic carbocycles. The third-order valence-electron chi connectivity index (χ3n) is 4.44. The van der Waals surface area contributed by atoms with E-state index in [2.05, 4.69) is 45.3 Å². The molecule has 1 aliphatic rings. The summed E-state index contributed by atoms with van der Waals surface area (Å²) in [6, 6.07) is 6.24. The largest absolute Gasteiger partial charge is 0.490 e. The second-order valence-electron chi connectivity index (χ2n) is 6.98. The van der Waals surface area contributed by atoms with Gasteiger partial charge < -0.3 is 9.47 Å². The van der Waals surface area contributed by atoms with E-state index in [0.717, 1.165) is 29.9 Å². The number of rotatable bonds is 4. The van der Waals surface area contributed by atoms with Gasteiger partial charge in [0.25, 0.3) is 0 Å². The third kappa shape index (κ3) is 4.11. The molecule has 2 atom stereocenters. The smallest absolute Gasteiger partial charge is 0.161 e. The van der Waals surface area contributed by atoms with Crippen molar-refractivity contribution in [3.05, 3.63) is 23.8 Å². The van der Waals surface area contributed by atoms with Crippen molar-refractivity contribution < 1.29 is 9.47 Å². The Bertz CT molecular complexity index is 468. The molecule has 0 bridgehead atoms. The van der Waals surface area contributed by atoms with E-state index in [1.165, 1.54) is 0 Å². The summed E-state index contributed by atoms with van der Waals surface area (Å²) in [5, 5.41) is 0. The summed E-state index contributed by atoms with van der Waals surface area (Å²) in [5.74, 6) is 7.99. The monoisotopic (exact) mass is 292 g/mol. The van der Waals surface area contributed by atoms with Gasteiger partial charge >= 0.3 is 0 Å². The predicted octanol–water partition coefficient (Wildman–Crippen LogP) is 3.42. The number of ether oxygens (including phenoxy) is 2. The molecule has 2 rings (SSSR count). The Labute approximate surface area is 128 Å². The van der Waals surface area contributed by atoms with Crippen molar-refractivity contribution in [1.29, 1.82) is 0 Å². The molecular formula is C17H28N2O2. The minimum absolute atomic E-state index is 0.122. The molecule has 0 radical (unpaired) electrons. The first kappa shape index (κ1) is 16.1. The van der Waals surface area contributed by atoms with E-state index >= 15 is 0 Å². The molecule has 1 aromatic carbocycles. The molecule has 0 spiro atoms. The second-order valence-corrected chi connectivity index (χ2v) is 6.98. The molecule has 1 heterocycles. The predicted molar refractivity (Wildman–Crippen MR) is 85.3 cm³/mol. The van der Waals surface area contributed by atoms with Crippen LogP contribution in [0.2, 0.25) is 0 Å². The number of hydrogen-bond acceptors (Lipinski definition) is 4. The summed E-state index contributed by atoms with van der Waals surface area (Å²) in [7, 11) is 0. The topological polar surface area (TPSA) is 56.5 Å². The number of fused-ring (bicyclic) bond motifs is 1. The van der Waals surface area contributed by atoms with Gasteiger partial charge in [0.1, 0.15) is 0 Å². The lowest BCUT2D eigenvalue weighted by Gasteiger charge is -2.31. The van der Waals surface area contributed by atoms with Gasteiger partial charge in [0.2, 0.25) is 0 Å². The average molecular weight is 292 g/mol. The quantitative estimate of drug-likeness (QED) is 0.659. The Hall–Kier alpha value is -1.26. The van der Waals surface area contributed by atoms with Crippen LogP contribution in [0.1, 0.15) is 52.1 Å². The van der Waals surface area contributed by atoms with Crippen LogP contribution in [-0.2, 0) is 0 Å². The molecule has 1 aliphatic heterocycles. The van der Waals surface area contributed by atoms with E-state index in [4.69, 9.17) is 15.3 Å². The van der Waals surface area contributed by atoms with E-state index < -0.39 is 0 Å². The van der Waals surface area contributed by atoms with Crippen molar-refractivity contribution in [2.75, 3.05) is 13.2 Å². The average Bonchev–Trinajstić information content (AvgIpc) is 2.67. The molecule has 4 nitrogen and oxygen atoms in total. The molecule has 0 saturated carbocycles. The van der Waals surface area contributed by atoms with Crippen LogP contribution in [0.15, 0.2) is 18.2 Å². The van der Waals surface area contributed by atoms with Gasteiger partial charge in [-0.05, 0) is 35.4 Å². The zero-order valence-corrected chi connectivity index (χ0v) is 13.6. The van der Waals surface area contributed by atoms with Crippen molar-refractivity contribution >= 4 is 0 Å². The number of nitrogens with two attached hydrogens (primary N) is 1. The van der Waals surface area contributed by atoms with Crippen LogP contribution < -0.4 is 20.7 Å². The first-order valence-corrected chi connectivity index (χ1v) is 7.77. The fourth-order valence-electron chi connectivity index (χ4n) is 2.40. The molecule has 0 aromatic heterocycles. The summed E-state index contributed by atoms with van der Waals surface area (Å²) in [6.07, 6.45) is 1.91. The zero-order valence-electron chi connectivity index (χ0n) is 13.6. The maximum absolute atomic E-state index is 5.78. The van der Waals surface area contributed by atoms with Gasteiger partial charge in [-0.25, -0.2) is 0 Å². The maximum Gasteiger partial charge on any atom is 0.161 e. The van der Waals surface area contributed by atoms with Crippen LogP contribution >= 0.6 is 0 Å². The molecule has 0 amide bonds. The Balaban J connectivity index is 2.17. The summed E-state index contributed by atoms with van der Waals surface area (Å²) in [4.78, 5) is 0. The minimum Gasteiger partial charge on any atom is -0.490 e. The van der Waals surface area contributed by atoms with E-state index in [1.54, 1.807) is 0 Å². The van der Waals surface area contributed by atoms with Crippen molar-refractivity contribution in [1.82, 2.24) is 5.43 Å². The SMILES string of the molecule is CC(CC(NN)c1ccc2c(c1)OCCCO2)C(C)(C)C. The molecule has 1 aromatic rings. The van der Waals surface area contributed by atoms with Crippen molar-refractivity contribution in [3.8, 4) is 11.5 Å². The zero-order chi connectivity index (χ0) is 15.5. The van der Waals surface area contributed by atoms with Crippen LogP contribution in [0.4, 0.5) is 0 Å². The number of nitrogens with one attached hydrogen (secondary N) is 1. The van der Waals surface area contributed by atoms with Gasteiger partial charge in [0.15, 0.2) is 11.5 Å². The van der Waals surface area contributed by atoms with Crippen LogP contribution in [0.3, 0.4) is 0 Å². The van der Waals surface area contributed by atoms with Crippen LogP contribution in [-0.4, -0.2) is 13.2 Å². The highest BCUT2D eigenvalue weighted by Crippen LogP contribution is 2.36. The Kier molecular flexibility index (Phi) is 5.12. The standard InChI is InChI=1S/C17H28N2O2/c1-12(17(2,3)4)10-14(19-18)13-6-7-15-16(11-13)21-9-5-8-20-15/h6-7,11-12,14,19H,5,8-10,18H2,1-4H3. The normalized spacial score (nSPS) is 18.0. The van der Waals surface area contributed by atoms with Gasteiger partial charge in [-0.3, -0.25) is 11.3 Å². The van der Waals surface area contributed by atoms with Crippen LogP contribution in [0, 0.1) is 11.3 Å². The highest BCUT2D eigenvalue weighted by molar-refractivity contribution is 5.44. The van der Waals surface area contributed by atoms with E-state index in [0.29, 0.717) is 19.1 Å². The number of hydrogen-bond donors (Lipinski definition) is 2. The molecule has 0 fully saturated rings. The van der Waals surface area contributed by atoms with Gasteiger partial charge in [0, 0.05) is 12.5 Å². The van der Waals surface area contributed by atoms with E-state index in [-0.39, 0.29) is 11.5 Å². The summed E-state index contributed by atoms with van der Waals surface area (Å²) >= 11 is 0. The molecule has 21 heavy (non-hydrogen) atoms. The van der Waals surface area contributed by atoms with Crippen LogP contribution in [0.25, 0.3) is 0 Å². The maximum atomic E-state index is 5.78. The van der Waals surface area contributed by atoms with Crippen molar-refractivity contribution in [2.24, 2.45) is 17.2 Å². The summed E-state index contributed by atoms with van der Waals surface area (Å²) in [5.41, 5.74) is 4.36. The van der Waals surface area contributed by atoms with Gasteiger partial charge in [0.05, 0.1) is 13.2 Å². The molecule has 2 unspecified atom stereocenters. The van der Waals surface area contributed by atoms with Gasteiger partial charge in [-0.1, -0.05) is 33.8 Å². The lowest BCUT2D eigenvalue weighted by molar-refractivity contribution is 0.223. The van der Waals surface area contributed by atoms with Gasteiger partial charge in [-0.2, -0.15) is 0 Å². The summed E-state index contributed by atoms with van der Waals surface area (Å²) < 4.78 is 11.4. The fourth-order valence-corrected chi connectivity index (χ4v) is 2.40. The summed E-state index contributed by atoms with van der Waals surface area (Å²) in [6.45, 7) is 10.5. The van der Waals surface area contributed by atoms with E-state index in [9.17, 15) is 0 Å². The van der Waals surface area contributed by atoms with E-state index in [1.807, 2.05) is 6.07 Å². The first-order chi connectivity index (χ1) is 9.91.